The molecule has 1 aliphatic heterocycles. The molecule has 22 heavy (non-hydrogen) atoms. The summed E-state index contributed by atoms with van der Waals surface area (Å²) in [4.78, 5) is 0.0934. The minimum atomic E-state index is -3.62. The largest absolute Gasteiger partial charge is 0.275 e. The van der Waals surface area contributed by atoms with Crippen LogP contribution in [0.5, 0.6) is 0 Å². The summed E-state index contributed by atoms with van der Waals surface area (Å²) in [6, 6.07) is 9.54. The smallest absolute Gasteiger partial charge is 0.245 e. The number of nitrogens with one attached hydrogen (secondary N) is 1. The minimum Gasteiger partial charge on any atom is -0.275 e. The number of sulfonamides is 1. The molecular weight excluding hydrogens is 302 g/mol. The highest BCUT2D eigenvalue weighted by atomic mass is 32.2. The van der Waals surface area contributed by atoms with Gasteiger partial charge in [-0.2, -0.15) is 19.9 Å². The Morgan fingerprint density at radius 2 is 1.77 bits per heavy atom. The van der Waals surface area contributed by atoms with E-state index in [1.165, 1.54) is 10.4 Å². The predicted molar refractivity (Wildman–Crippen MR) is 81.3 cm³/mol. The van der Waals surface area contributed by atoms with Crippen LogP contribution in [0.25, 0.3) is 0 Å². The van der Waals surface area contributed by atoms with Crippen molar-refractivity contribution in [3.63, 3.8) is 0 Å². The number of nitrogens with zero attached hydrogens (tertiary/aromatic N) is 4. The maximum atomic E-state index is 12.7. The van der Waals surface area contributed by atoms with E-state index in [2.05, 4.69) is 10.5 Å². The minimum absolute atomic E-state index is 0.0934. The SMILES string of the molecule is N#CC(C#N)=NNc1ccccc1S(=O)(=O)N1CCCCC1. The van der Waals surface area contributed by atoms with Gasteiger partial charge in [0.25, 0.3) is 0 Å². The van der Waals surface area contributed by atoms with Crippen LogP contribution in [-0.4, -0.2) is 31.5 Å². The Hall–Kier alpha value is -2.42. The zero-order valence-electron chi connectivity index (χ0n) is 11.9. The zero-order chi connectivity index (χ0) is 16.0. The molecule has 1 heterocycles. The van der Waals surface area contributed by atoms with Gasteiger partial charge in [0.15, 0.2) is 0 Å². The first kappa shape index (κ1) is 16.0. The third kappa shape index (κ3) is 3.42. The highest BCUT2D eigenvalue weighted by molar-refractivity contribution is 7.89. The topological polar surface area (TPSA) is 109 Å². The summed E-state index contributed by atoms with van der Waals surface area (Å²) in [5.41, 5.74) is 2.37. The van der Waals surface area contributed by atoms with Gasteiger partial charge in [-0.15, -0.1) is 0 Å². The number of hydrogen-bond acceptors (Lipinski definition) is 6. The molecule has 0 bridgehead atoms. The van der Waals surface area contributed by atoms with Crippen LogP contribution in [0.2, 0.25) is 0 Å². The Kier molecular flexibility index (Phi) is 5.10. The number of rotatable bonds is 4. The van der Waals surface area contributed by atoms with Gasteiger partial charge in [-0.3, -0.25) is 5.43 Å². The molecular formula is C14H15N5O2S. The highest BCUT2D eigenvalue weighted by Gasteiger charge is 2.27. The number of anilines is 1. The van der Waals surface area contributed by atoms with Crippen LogP contribution < -0.4 is 5.43 Å². The molecule has 8 heteroatoms. The Labute approximate surface area is 129 Å². The van der Waals surface area contributed by atoms with Gasteiger partial charge in [0.2, 0.25) is 15.7 Å². The molecule has 1 N–H and O–H groups in total. The van der Waals surface area contributed by atoms with Gasteiger partial charge >= 0.3 is 0 Å². The standard InChI is InChI=1S/C14H15N5O2S/c15-10-12(11-16)17-18-13-6-2-3-7-14(13)22(20,21)19-8-4-1-5-9-19/h2-3,6-7,18H,1,4-5,8-9H2. The van der Waals surface area contributed by atoms with Crippen LogP contribution in [-0.2, 0) is 10.0 Å². The lowest BCUT2D eigenvalue weighted by Gasteiger charge is -2.26. The van der Waals surface area contributed by atoms with E-state index in [1.807, 2.05) is 0 Å². The van der Waals surface area contributed by atoms with Crippen LogP contribution in [0.4, 0.5) is 5.69 Å². The molecule has 0 aliphatic carbocycles. The summed E-state index contributed by atoms with van der Waals surface area (Å²) >= 11 is 0. The van der Waals surface area contributed by atoms with E-state index in [4.69, 9.17) is 10.5 Å². The normalized spacial score (nSPS) is 15.4. The lowest BCUT2D eigenvalue weighted by atomic mass is 10.2. The number of hydrogen-bond donors (Lipinski definition) is 1. The van der Waals surface area contributed by atoms with Crippen molar-refractivity contribution in [2.45, 2.75) is 24.2 Å². The molecule has 0 radical (unpaired) electrons. The molecule has 1 aromatic carbocycles. The summed E-state index contributed by atoms with van der Waals surface area (Å²) in [5.74, 6) is 0. The van der Waals surface area contributed by atoms with Gasteiger partial charge in [-0.25, -0.2) is 8.42 Å². The van der Waals surface area contributed by atoms with Crippen molar-refractivity contribution < 1.29 is 8.42 Å². The van der Waals surface area contributed by atoms with E-state index in [1.54, 1.807) is 30.3 Å². The van der Waals surface area contributed by atoms with Crippen molar-refractivity contribution in [3.05, 3.63) is 24.3 Å². The quantitative estimate of drug-likeness (QED) is 0.671. The van der Waals surface area contributed by atoms with E-state index in [0.717, 1.165) is 19.3 Å². The monoisotopic (exact) mass is 317 g/mol. The molecule has 7 nitrogen and oxygen atoms in total. The number of nitriles is 2. The Morgan fingerprint density at radius 3 is 2.41 bits per heavy atom. The Morgan fingerprint density at radius 1 is 1.14 bits per heavy atom. The van der Waals surface area contributed by atoms with Crippen molar-refractivity contribution >= 4 is 21.4 Å². The van der Waals surface area contributed by atoms with Gasteiger partial charge in [0.05, 0.1) is 5.69 Å². The third-order valence-corrected chi connectivity index (χ3v) is 5.28. The van der Waals surface area contributed by atoms with E-state index in [-0.39, 0.29) is 16.3 Å². The number of hydrazone groups is 1. The average molecular weight is 317 g/mol. The van der Waals surface area contributed by atoms with Crippen molar-refractivity contribution in [2.24, 2.45) is 5.10 Å². The molecule has 1 aliphatic rings. The van der Waals surface area contributed by atoms with Crippen molar-refractivity contribution in [1.82, 2.24) is 4.31 Å². The number of para-hydroxylation sites is 1. The molecule has 0 unspecified atom stereocenters. The maximum Gasteiger partial charge on any atom is 0.245 e. The molecule has 0 saturated carbocycles. The second-order valence-corrected chi connectivity index (χ2v) is 6.66. The highest BCUT2D eigenvalue weighted by Crippen LogP contribution is 2.26. The number of piperidine rings is 1. The third-order valence-electron chi connectivity index (χ3n) is 3.32. The Bertz CT molecular complexity index is 736. The molecule has 114 valence electrons. The van der Waals surface area contributed by atoms with Gasteiger partial charge < -0.3 is 0 Å². The summed E-state index contributed by atoms with van der Waals surface area (Å²) in [6.45, 7) is 1.00. The van der Waals surface area contributed by atoms with Gasteiger partial charge in [-0.1, -0.05) is 18.6 Å². The second kappa shape index (κ2) is 7.03. The Balaban J connectivity index is 2.34. The molecule has 0 spiro atoms. The van der Waals surface area contributed by atoms with Crippen LogP contribution in [0.3, 0.4) is 0 Å². The molecule has 0 atom stereocenters. The van der Waals surface area contributed by atoms with E-state index < -0.39 is 10.0 Å². The average Bonchev–Trinajstić information content (AvgIpc) is 2.57. The lowest BCUT2D eigenvalue weighted by molar-refractivity contribution is 0.347. The van der Waals surface area contributed by atoms with Gasteiger partial charge in [0, 0.05) is 13.1 Å². The first-order valence-electron chi connectivity index (χ1n) is 6.82. The summed E-state index contributed by atoms with van der Waals surface area (Å²) in [6.07, 6.45) is 2.73. The van der Waals surface area contributed by atoms with Crippen LogP contribution >= 0.6 is 0 Å². The first-order chi connectivity index (χ1) is 10.6. The van der Waals surface area contributed by atoms with Gasteiger partial charge in [0.1, 0.15) is 17.0 Å². The molecule has 0 aromatic heterocycles. The van der Waals surface area contributed by atoms with Crippen molar-refractivity contribution in [1.29, 1.82) is 10.5 Å². The van der Waals surface area contributed by atoms with E-state index in [0.29, 0.717) is 13.1 Å². The summed E-state index contributed by atoms with van der Waals surface area (Å²) in [5, 5.41) is 20.9. The summed E-state index contributed by atoms with van der Waals surface area (Å²) in [7, 11) is -3.62. The van der Waals surface area contributed by atoms with Crippen LogP contribution in [0, 0.1) is 22.7 Å². The zero-order valence-corrected chi connectivity index (χ0v) is 12.7. The van der Waals surface area contributed by atoms with Crippen LogP contribution in [0.15, 0.2) is 34.3 Å². The lowest BCUT2D eigenvalue weighted by Crippen LogP contribution is -2.35. The van der Waals surface area contributed by atoms with E-state index in [9.17, 15) is 8.42 Å². The van der Waals surface area contributed by atoms with Gasteiger partial charge in [-0.05, 0) is 25.0 Å². The summed E-state index contributed by atoms with van der Waals surface area (Å²) < 4.78 is 26.9. The number of benzene rings is 1. The second-order valence-electron chi connectivity index (χ2n) is 4.76. The predicted octanol–water partition coefficient (Wildman–Crippen LogP) is 1.68. The van der Waals surface area contributed by atoms with E-state index >= 15 is 0 Å². The first-order valence-corrected chi connectivity index (χ1v) is 8.26. The fraction of sp³-hybridized carbons (Fsp3) is 0.357. The fourth-order valence-electron chi connectivity index (χ4n) is 2.22. The molecule has 1 aromatic rings. The van der Waals surface area contributed by atoms with Crippen molar-refractivity contribution in [3.8, 4) is 12.1 Å². The van der Waals surface area contributed by atoms with Crippen LogP contribution in [0.1, 0.15) is 19.3 Å². The molecule has 2 rings (SSSR count). The van der Waals surface area contributed by atoms with Crippen molar-refractivity contribution in [2.75, 3.05) is 18.5 Å². The molecule has 0 amide bonds. The molecule has 1 fully saturated rings. The fourth-order valence-corrected chi connectivity index (χ4v) is 3.88. The maximum absolute atomic E-state index is 12.7. The molecule has 1 saturated heterocycles.